The van der Waals surface area contributed by atoms with Crippen LogP contribution in [0.3, 0.4) is 0 Å². The van der Waals surface area contributed by atoms with Gasteiger partial charge in [0.05, 0.1) is 17.2 Å². The van der Waals surface area contributed by atoms with E-state index in [-0.39, 0.29) is 12.5 Å². The molecule has 1 amide bonds. The van der Waals surface area contributed by atoms with Crippen molar-refractivity contribution in [1.82, 2.24) is 15.0 Å². The van der Waals surface area contributed by atoms with E-state index in [0.29, 0.717) is 47.1 Å². The summed E-state index contributed by atoms with van der Waals surface area (Å²) >= 11 is 6.28. The highest BCUT2D eigenvalue weighted by molar-refractivity contribution is 6.33. The smallest absolute Gasteiger partial charge is 0.259 e. The van der Waals surface area contributed by atoms with Crippen LogP contribution in [-0.4, -0.2) is 65.3 Å². The molecule has 0 saturated carbocycles. The number of rotatable bonds is 4. The van der Waals surface area contributed by atoms with Crippen LogP contribution < -0.4 is 0 Å². The van der Waals surface area contributed by atoms with Crippen molar-refractivity contribution >= 4 is 17.5 Å². The summed E-state index contributed by atoms with van der Waals surface area (Å²) in [5, 5.41) is 15.4. The van der Waals surface area contributed by atoms with Gasteiger partial charge in [-0.25, -0.2) is 0 Å². The average Bonchev–Trinajstić information content (AvgIpc) is 2.95. The second-order valence-electron chi connectivity index (χ2n) is 7.23. The van der Waals surface area contributed by atoms with Gasteiger partial charge in [0, 0.05) is 18.7 Å². The van der Waals surface area contributed by atoms with Crippen LogP contribution >= 0.6 is 11.6 Å². The van der Waals surface area contributed by atoms with Crippen molar-refractivity contribution in [3.63, 3.8) is 0 Å². The highest BCUT2D eigenvalue weighted by Gasteiger charge is 2.37. The van der Waals surface area contributed by atoms with E-state index in [1.807, 2.05) is 37.2 Å². The lowest BCUT2D eigenvalue weighted by Gasteiger charge is -2.40. The summed E-state index contributed by atoms with van der Waals surface area (Å²) in [5.74, 6) is 0.266. The summed E-state index contributed by atoms with van der Waals surface area (Å²) in [6, 6.07) is 7.24. The Morgan fingerprint density at radius 1 is 1.42 bits per heavy atom. The van der Waals surface area contributed by atoms with Gasteiger partial charge in [-0.3, -0.25) is 4.79 Å². The summed E-state index contributed by atoms with van der Waals surface area (Å²) in [4.78, 5) is 16.8. The number of piperidine rings is 1. The molecule has 1 saturated heterocycles. The quantitative estimate of drug-likeness (QED) is 0.887. The highest BCUT2D eigenvalue weighted by Crippen LogP contribution is 2.33. The lowest BCUT2D eigenvalue weighted by Crippen LogP contribution is -2.54. The zero-order valence-electron chi connectivity index (χ0n) is 15.3. The van der Waals surface area contributed by atoms with E-state index in [4.69, 9.17) is 16.1 Å². The molecule has 3 rings (SSSR count). The van der Waals surface area contributed by atoms with Crippen LogP contribution in [0.4, 0.5) is 0 Å². The number of likely N-dealkylation sites (N-methyl/N-ethyl adjacent to an activating group) is 1. The first-order chi connectivity index (χ1) is 12.3. The second-order valence-corrected chi connectivity index (χ2v) is 7.64. The maximum Gasteiger partial charge on any atom is 0.259 e. The van der Waals surface area contributed by atoms with Gasteiger partial charge in [0.1, 0.15) is 17.0 Å². The molecule has 1 N–H and O–H groups in total. The van der Waals surface area contributed by atoms with Gasteiger partial charge in [0.25, 0.3) is 5.91 Å². The van der Waals surface area contributed by atoms with Gasteiger partial charge in [-0.15, -0.1) is 0 Å². The van der Waals surface area contributed by atoms with Crippen LogP contribution in [0.25, 0.3) is 11.3 Å². The van der Waals surface area contributed by atoms with Gasteiger partial charge in [0.2, 0.25) is 0 Å². The van der Waals surface area contributed by atoms with E-state index in [0.717, 1.165) is 6.42 Å². The maximum absolute atomic E-state index is 13.2. The van der Waals surface area contributed by atoms with Gasteiger partial charge in [-0.05, 0) is 39.9 Å². The SMILES string of the molecule is Cc1onc(-c2ccccc2Cl)c1C(=O)N1CCCC(O)(CN(C)C)C1. The third kappa shape index (κ3) is 3.77. The number of nitrogens with zero attached hydrogens (tertiary/aromatic N) is 3. The monoisotopic (exact) mass is 377 g/mol. The molecule has 1 aliphatic rings. The maximum atomic E-state index is 13.2. The van der Waals surface area contributed by atoms with Gasteiger partial charge in [-0.2, -0.15) is 0 Å². The zero-order valence-corrected chi connectivity index (χ0v) is 16.1. The van der Waals surface area contributed by atoms with E-state index >= 15 is 0 Å². The molecule has 0 aliphatic carbocycles. The van der Waals surface area contributed by atoms with Crippen LogP contribution in [0.2, 0.25) is 5.02 Å². The van der Waals surface area contributed by atoms with Crippen molar-refractivity contribution in [2.45, 2.75) is 25.4 Å². The molecular formula is C19H24ClN3O3. The van der Waals surface area contributed by atoms with Crippen molar-refractivity contribution < 1.29 is 14.4 Å². The first-order valence-corrected chi connectivity index (χ1v) is 9.06. The van der Waals surface area contributed by atoms with E-state index in [1.165, 1.54) is 0 Å². The molecule has 26 heavy (non-hydrogen) atoms. The molecule has 0 radical (unpaired) electrons. The lowest BCUT2D eigenvalue weighted by molar-refractivity contribution is -0.0391. The Labute approximate surface area is 158 Å². The van der Waals surface area contributed by atoms with Crippen LogP contribution in [0, 0.1) is 6.92 Å². The number of hydrogen-bond donors (Lipinski definition) is 1. The number of amides is 1. The zero-order chi connectivity index (χ0) is 18.9. The number of aromatic nitrogens is 1. The molecular weight excluding hydrogens is 354 g/mol. The van der Waals surface area contributed by atoms with E-state index in [9.17, 15) is 9.90 Å². The van der Waals surface area contributed by atoms with E-state index in [1.54, 1.807) is 17.9 Å². The predicted octanol–water partition coefficient (Wildman–Crippen LogP) is 2.83. The van der Waals surface area contributed by atoms with Gasteiger partial charge < -0.3 is 19.4 Å². The van der Waals surface area contributed by atoms with E-state index in [2.05, 4.69) is 5.16 Å². The minimum atomic E-state index is -0.910. The number of benzene rings is 1. The minimum Gasteiger partial charge on any atom is -0.387 e. The lowest BCUT2D eigenvalue weighted by atomic mass is 9.91. The molecule has 7 heteroatoms. The highest BCUT2D eigenvalue weighted by atomic mass is 35.5. The first-order valence-electron chi connectivity index (χ1n) is 8.68. The Balaban J connectivity index is 1.91. The minimum absolute atomic E-state index is 0.185. The molecule has 2 aromatic rings. The third-order valence-corrected chi connectivity index (χ3v) is 4.99. The molecule has 2 heterocycles. The molecule has 1 aliphatic heterocycles. The van der Waals surface area contributed by atoms with Crippen molar-refractivity contribution in [2.24, 2.45) is 0 Å². The standard InChI is InChI=1S/C19H24ClN3O3/c1-13-16(17(21-26-13)14-7-4-5-8-15(14)20)18(24)23-10-6-9-19(25,12-23)11-22(2)3/h4-5,7-8,25H,6,9-12H2,1-3H3. The number of likely N-dealkylation sites (tertiary alicyclic amines) is 1. The molecule has 140 valence electrons. The topological polar surface area (TPSA) is 69.8 Å². The number of carbonyl (C=O) groups excluding carboxylic acids is 1. The molecule has 0 spiro atoms. The summed E-state index contributed by atoms with van der Waals surface area (Å²) in [5.41, 5.74) is 0.606. The van der Waals surface area contributed by atoms with Crippen molar-refractivity contribution in [3.05, 3.63) is 40.6 Å². The second kappa shape index (κ2) is 7.39. The molecule has 1 atom stereocenters. The number of halogens is 1. The van der Waals surface area contributed by atoms with Gasteiger partial charge in [0.15, 0.2) is 0 Å². The van der Waals surface area contributed by atoms with Gasteiger partial charge in [-0.1, -0.05) is 35.0 Å². The molecule has 1 aromatic carbocycles. The number of β-amino-alcohol motifs (C(OH)–C–C–N with tert-alkyl or cyclic N) is 1. The Kier molecular flexibility index (Phi) is 5.37. The summed E-state index contributed by atoms with van der Waals surface area (Å²) in [6.07, 6.45) is 1.43. The van der Waals surface area contributed by atoms with Gasteiger partial charge >= 0.3 is 0 Å². The van der Waals surface area contributed by atoms with Crippen LogP contribution in [0.1, 0.15) is 29.0 Å². The molecule has 6 nitrogen and oxygen atoms in total. The summed E-state index contributed by atoms with van der Waals surface area (Å²) in [6.45, 7) is 3.12. The Morgan fingerprint density at radius 2 is 2.15 bits per heavy atom. The summed E-state index contributed by atoms with van der Waals surface area (Å²) < 4.78 is 5.31. The van der Waals surface area contributed by atoms with Crippen molar-refractivity contribution in [1.29, 1.82) is 0 Å². The number of aryl methyl sites for hydroxylation is 1. The number of aliphatic hydroxyl groups is 1. The Morgan fingerprint density at radius 3 is 2.85 bits per heavy atom. The Bertz CT molecular complexity index is 805. The normalized spacial score (nSPS) is 20.6. The molecule has 0 bridgehead atoms. The van der Waals surface area contributed by atoms with Crippen LogP contribution in [0.15, 0.2) is 28.8 Å². The van der Waals surface area contributed by atoms with Crippen molar-refractivity contribution in [3.8, 4) is 11.3 Å². The number of hydrogen-bond acceptors (Lipinski definition) is 5. The predicted molar refractivity (Wildman–Crippen MR) is 100 cm³/mol. The largest absolute Gasteiger partial charge is 0.387 e. The van der Waals surface area contributed by atoms with Crippen LogP contribution in [0.5, 0.6) is 0 Å². The average molecular weight is 378 g/mol. The third-order valence-electron chi connectivity index (χ3n) is 4.66. The fraction of sp³-hybridized carbons (Fsp3) is 0.474. The fourth-order valence-electron chi connectivity index (χ4n) is 3.62. The molecule has 1 unspecified atom stereocenters. The fourth-order valence-corrected chi connectivity index (χ4v) is 3.85. The first kappa shape index (κ1) is 18.9. The number of carbonyl (C=O) groups is 1. The van der Waals surface area contributed by atoms with Crippen LogP contribution in [-0.2, 0) is 0 Å². The molecule has 1 fully saturated rings. The van der Waals surface area contributed by atoms with Crippen molar-refractivity contribution in [2.75, 3.05) is 33.7 Å². The summed E-state index contributed by atoms with van der Waals surface area (Å²) in [7, 11) is 3.83. The Hall–Kier alpha value is -1.89. The van der Waals surface area contributed by atoms with E-state index < -0.39 is 5.60 Å². The molecule has 1 aromatic heterocycles.